The van der Waals surface area contributed by atoms with E-state index in [4.69, 9.17) is 0 Å². The van der Waals surface area contributed by atoms with E-state index >= 15 is 0 Å². The van der Waals surface area contributed by atoms with E-state index < -0.39 is 9.84 Å². The number of piperidine rings is 1. The first kappa shape index (κ1) is 16.2. The molecule has 6 heteroatoms. The van der Waals surface area contributed by atoms with Crippen LogP contribution in [-0.2, 0) is 9.84 Å². The van der Waals surface area contributed by atoms with E-state index in [1.54, 1.807) is 0 Å². The van der Waals surface area contributed by atoms with Gasteiger partial charge in [0.25, 0.3) is 0 Å². The van der Waals surface area contributed by atoms with Crippen LogP contribution < -0.4 is 5.32 Å². The topological polar surface area (TPSA) is 52.6 Å². The van der Waals surface area contributed by atoms with Crippen LogP contribution >= 0.6 is 0 Å². The molecule has 0 spiro atoms. The van der Waals surface area contributed by atoms with Crippen molar-refractivity contribution in [3.8, 4) is 0 Å². The molecule has 0 aromatic heterocycles. The fourth-order valence-electron chi connectivity index (χ4n) is 3.19. The van der Waals surface area contributed by atoms with Crippen molar-refractivity contribution in [3.05, 3.63) is 0 Å². The Bertz CT molecular complexity index is 391. The van der Waals surface area contributed by atoms with Crippen LogP contribution in [0.2, 0.25) is 0 Å². The first-order chi connectivity index (χ1) is 9.44. The van der Waals surface area contributed by atoms with Crippen molar-refractivity contribution in [1.29, 1.82) is 0 Å². The Balaban J connectivity index is 1.57. The molecule has 0 aliphatic carbocycles. The van der Waals surface area contributed by atoms with Crippen molar-refractivity contribution >= 4 is 9.84 Å². The fourth-order valence-corrected chi connectivity index (χ4v) is 4.90. The maximum absolute atomic E-state index is 11.4. The minimum absolute atomic E-state index is 0.178. The minimum atomic E-state index is -2.75. The lowest BCUT2D eigenvalue weighted by Crippen LogP contribution is -2.40. The lowest BCUT2D eigenvalue weighted by Gasteiger charge is -2.31. The molecule has 0 bridgehead atoms. The predicted molar refractivity (Wildman–Crippen MR) is 82.8 cm³/mol. The second-order valence-electron chi connectivity index (χ2n) is 6.56. The van der Waals surface area contributed by atoms with Crippen molar-refractivity contribution in [2.24, 2.45) is 5.92 Å². The van der Waals surface area contributed by atoms with Gasteiger partial charge >= 0.3 is 0 Å². The SMILES string of the molecule is CN1CCC(CN(C)CCNC2CCS(=O)(=O)C2)CC1. The Morgan fingerprint density at radius 3 is 2.55 bits per heavy atom. The number of nitrogens with zero attached hydrogens (tertiary/aromatic N) is 2. The smallest absolute Gasteiger partial charge is 0.151 e. The second kappa shape index (κ2) is 7.20. The van der Waals surface area contributed by atoms with Gasteiger partial charge in [-0.15, -0.1) is 0 Å². The van der Waals surface area contributed by atoms with Crippen molar-refractivity contribution in [1.82, 2.24) is 15.1 Å². The van der Waals surface area contributed by atoms with Crippen LogP contribution in [0, 0.1) is 5.92 Å². The third-order valence-corrected chi connectivity index (χ3v) is 6.33. The summed E-state index contributed by atoms with van der Waals surface area (Å²) < 4.78 is 22.7. The van der Waals surface area contributed by atoms with Crippen molar-refractivity contribution in [2.75, 3.05) is 58.3 Å². The van der Waals surface area contributed by atoms with Crippen LogP contribution in [0.15, 0.2) is 0 Å². The minimum Gasteiger partial charge on any atom is -0.312 e. The summed E-state index contributed by atoms with van der Waals surface area (Å²) >= 11 is 0. The average molecular weight is 303 g/mol. The molecule has 1 unspecified atom stereocenters. The number of rotatable bonds is 6. The van der Waals surface area contributed by atoms with Gasteiger partial charge in [-0.3, -0.25) is 0 Å². The number of likely N-dealkylation sites (tertiary alicyclic amines) is 1. The van der Waals surface area contributed by atoms with Crippen molar-refractivity contribution < 1.29 is 8.42 Å². The Hall–Kier alpha value is -0.170. The Labute approximate surface area is 123 Å². The van der Waals surface area contributed by atoms with Crippen LogP contribution in [0.5, 0.6) is 0 Å². The number of nitrogens with one attached hydrogen (secondary N) is 1. The first-order valence-corrected chi connectivity index (χ1v) is 9.57. The zero-order valence-electron chi connectivity index (χ0n) is 12.8. The van der Waals surface area contributed by atoms with Crippen LogP contribution in [0.4, 0.5) is 0 Å². The van der Waals surface area contributed by atoms with Crippen LogP contribution in [0.1, 0.15) is 19.3 Å². The average Bonchev–Trinajstić information content (AvgIpc) is 2.72. The maximum Gasteiger partial charge on any atom is 0.151 e. The van der Waals surface area contributed by atoms with Crippen LogP contribution in [-0.4, -0.2) is 82.6 Å². The van der Waals surface area contributed by atoms with Gasteiger partial charge in [-0.2, -0.15) is 0 Å². The summed E-state index contributed by atoms with van der Waals surface area (Å²) in [5, 5.41) is 3.38. The van der Waals surface area contributed by atoms with Crippen LogP contribution in [0.25, 0.3) is 0 Å². The molecule has 2 heterocycles. The molecule has 0 aromatic carbocycles. The second-order valence-corrected chi connectivity index (χ2v) is 8.79. The van der Waals surface area contributed by atoms with Gasteiger partial charge in [0.15, 0.2) is 9.84 Å². The maximum atomic E-state index is 11.4. The summed E-state index contributed by atoms with van der Waals surface area (Å²) in [6.45, 7) is 5.50. The number of hydrogen-bond donors (Lipinski definition) is 1. The van der Waals surface area contributed by atoms with Gasteiger partial charge in [0.2, 0.25) is 0 Å². The highest BCUT2D eigenvalue weighted by Crippen LogP contribution is 2.16. The van der Waals surface area contributed by atoms with Gasteiger partial charge in [-0.1, -0.05) is 0 Å². The van der Waals surface area contributed by atoms with Crippen molar-refractivity contribution in [3.63, 3.8) is 0 Å². The molecule has 1 N–H and O–H groups in total. The molecule has 2 fully saturated rings. The van der Waals surface area contributed by atoms with Gasteiger partial charge in [-0.25, -0.2) is 8.42 Å². The molecular formula is C14H29N3O2S. The van der Waals surface area contributed by atoms with E-state index in [1.165, 1.54) is 32.5 Å². The molecule has 0 saturated carbocycles. The van der Waals surface area contributed by atoms with E-state index in [0.717, 1.165) is 25.4 Å². The number of likely N-dealkylation sites (N-methyl/N-ethyl adjacent to an activating group) is 1. The highest BCUT2D eigenvalue weighted by Gasteiger charge is 2.27. The number of sulfone groups is 1. The van der Waals surface area contributed by atoms with E-state index in [1.807, 2.05) is 0 Å². The fraction of sp³-hybridized carbons (Fsp3) is 1.00. The molecule has 0 aromatic rings. The molecule has 0 radical (unpaired) electrons. The monoisotopic (exact) mass is 303 g/mol. The summed E-state index contributed by atoms with van der Waals surface area (Å²) in [6.07, 6.45) is 3.38. The molecule has 2 aliphatic rings. The third-order valence-electron chi connectivity index (χ3n) is 4.57. The largest absolute Gasteiger partial charge is 0.312 e. The molecule has 2 rings (SSSR count). The zero-order valence-corrected chi connectivity index (χ0v) is 13.7. The lowest BCUT2D eigenvalue weighted by molar-refractivity contribution is 0.176. The molecule has 1 atom stereocenters. The normalized spacial score (nSPS) is 28.2. The molecule has 2 saturated heterocycles. The molecular weight excluding hydrogens is 274 g/mol. The third kappa shape index (κ3) is 5.31. The summed E-state index contributed by atoms with van der Waals surface area (Å²) in [5.41, 5.74) is 0. The standard InChI is InChI=1S/C14H29N3O2S/c1-16-7-3-13(4-8-16)11-17(2)9-6-15-14-5-10-20(18,19)12-14/h13-15H,3-12H2,1-2H3. The predicted octanol–water partition coefficient (Wildman–Crippen LogP) is 0.0367. The van der Waals surface area contributed by atoms with E-state index in [9.17, 15) is 8.42 Å². The van der Waals surface area contributed by atoms with Gasteiger partial charge in [0.05, 0.1) is 11.5 Å². The summed E-state index contributed by atoms with van der Waals surface area (Å²) in [5.74, 6) is 1.50. The first-order valence-electron chi connectivity index (χ1n) is 7.75. The van der Waals surface area contributed by atoms with Gasteiger partial charge in [0, 0.05) is 25.7 Å². The summed E-state index contributed by atoms with van der Waals surface area (Å²) in [7, 11) is 1.61. The Morgan fingerprint density at radius 2 is 1.95 bits per heavy atom. The highest BCUT2D eigenvalue weighted by molar-refractivity contribution is 7.91. The molecule has 2 aliphatic heterocycles. The molecule has 118 valence electrons. The Kier molecular flexibility index (Phi) is 5.84. The van der Waals surface area contributed by atoms with E-state index in [0.29, 0.717) is 11.5 Å². The van der Waals surface area contributed by atoms with E-state index in [2.05, 4.69) is 29.2 Å². The summed E-state index contributed by atoms with van der Waals surface area (Å²) in [6, 6.07) is 0.178. The summed E-state index contributed by atoms with van der Waals surface area (Å²) in [4.78, 5) is 4.78. The highest BCUT2D eigenvalue weighted by atomic mass is 32.2. The number of hydrogen-bond acceptors (Lipinski definition) is 5. The van der Waals surface area contributed by atoms with Crippen LogP contribution in [0.3, 0.4) is 0 Å². The molecule has 5 nitrogen and oxygen atoms in total. The quantitative estimate of drug-likeness (QED) is 0.751. The zero-order chi connectivity index (χ0) is 14.6. The van der Waals surface area contributed by atoms with Gasteiger partial charge in [0.1, 0.15) is 0 Å². The van der Waals surface area contributed by atoms with Gasteiger partial charge in [-0.05, 0) is 52.4 Å². The lowest BCUT2D eigenvalue weighted by atomic mass is 9.97. The molecule has 0 amide bonds. The van der Waals surface area contributed by atoms with E-state index in [-0.39, 0.29) is 6.04 Å². The van der Waals surface area contributed by atoms with Crippen molar-refractivity contribution in [2.45, 2.75) is 25.3 Å². The van der Waals surface area contributed by atoms with Gasteiger partial charge < -0.3 is 15.1 Å². The Morgan fingerprint density at radius 1 is 1.25 bits per heavy atom. The molecule has 20 heavy (non-hydrogen) atoms.